The Morgan fingerprint density at radius 2 is 2.20 bits per heavy atom. The summed E-state index contributed by atoms with van der Waals surface area (Å²) in [5.41, 5.74) is -0.551. The Hall–Kier alpha value is -2.58. The third-order valence-corrected chi connectivity index (χ3v) is 2.77. The lowest BCUT2D eigenvalue weighted by Gasteiger charge is -2.09. The molecule has 2 aromatic rings. The highest BCUT2D eigenvalue weighted by Gasteiger charge is 2.16. The molecule has 2 aromatic heterocycles. The number of halogens is 2. The summed E-state index contributed by atoms with van der Waals surface area (Å²) in [6.45, 7) is -1.62. The average molecular weight is 284 g/mol. The standard InChI is InChI=1S/C11H10F2N4O3/c1-7-4-10(18)15(5-8(7)17(19)20)6-9-14-2-3-16(9)11(12)13/h2-5,11H,6H2,1H3. The van der Waals surface area contributed by atoms with Gasteiger partial charge in [0.05, 0.1) is 17.7 Å². The number of pyridine rings is 1. The molecule has 0 atom stereocenters. The normalized spacial score (nSPS) is 11.0. The summed E-state index contributed by atoms with van der Waals surface area (Å²) < 4.78 is 26.9. The van der Waals surface area contributed by atoms with E-state index in [1.54, 1.807) is 0 Å². The van der Waals surface area contributed by atoms with E-state index >= 15 is 0 Å². The van der Waals surface area contributed by atoms with E-state index in [4.69, 9.17) is 0 Å². The van der Waals surface area contributed by atoms with Crippen LogP contribution in [0.4, 0.5) is 14.5 Å². The topological polar surface area (TPSA) is 83.0 Å². The van der Waals surface area contributed by atoms with Crippen molar-refractivity contribution in [1.29, 1.82) is 0 Å². The van der Waals surface area contributed by atoms with E-state index in [-0.39, 0.29) is 23.6 Å². The van der Waals surface area contributed by atoms with Crippen molar-refractivity contribution in [3.63, 3.8) is 0 Å². The van der Waals surface area contributed by atoms with Gasteiger partial charge in [-0.25, -0.2) is 4.98 Å². The Balaban J connectivity index is 2.43. The van der Waals surface area contributed by atoms with Crippen molar-refractivity contribution in [3.05, 3.63) is 56.5 Å². The first-order valence-electron chi connectivity index (χ1n) is 5.55. The minimum Gasteiger partial charge on any atom is -0.301 e. The molecule has 0 aliphatic carbocycles. The second kappa shape index (κ2) is 5.19. The molecular weight excluding hydrogens is 274 g/mol. The lowest BCUT2D eigenvalue weighted by molar-refractivity contribution is -0.385. The maximum atomic E-state index is 12.7. The van der Waals surface area contributed by atoms with Crippen LogP contribution in [0.15, 0.2) is 29.5 Å². The Morgan fingerprint density at radius 1 is 1.50 bits per heavy atom. The van der Waals surface area contributed by atoms with E-state index < -0.39 is 17.0 Å². The molecule has 0 saturated heterocycles. The van der Waals surface area contributed by atoms with Crippen LogP contribution in [0, 0.1) is 17.0 Å². The number of aryl methyl sites for hydroxylation is 1. The van der Waals surface area contributed by atoms with Crippen molar-refractivity contribution in [1.82, 2.24) is 14.1 Å². The number of aromatic nitrogens is 3. The highest BCUT2D eigenvalue weighted by molar-refractivity contribution is 5.35. The van der Waals surface area contributed by atoms with Gasteiger partial charge >= 0.3 is 6.55 Å². The molecule has 0 radical (unpaired) electrons. The van der Waals surface area contributed by atoms with Crippen LogP contribution in [0.3, 0.4) is 0 Å². The van der Waals surface area contributed by atoms with Crippen LogP contribution in [0.5, 0.6) is 0 Å². The Labute approximate surface area is 111 Å². The second-order valence-corrected chi connectivity index (χ2v) is 4.09. The lowest BCUT2D eigenvalue weighted by atomic mass is 10.2. The SMILES string of the molecule is Cc1cc(=O)n(Cc2nccn2C(F)F)cc1[N+](=O)[O-]. The van der Waals surface area contributed by atoms with Gasteiger partial charge < -0.3 is 4.57 Å². The van der Waals surface area contributed by atoms with Crippen LogP contribution < -0.4 is 5.56 Å². The molecule has 2 heterocycles. The molecule has 0 amide bonds. The van der Waals surface area contributed by atoms with Gasteiger partial charge in [0.1, 0.15) is 5.82 Å². The number of alkyl halides is 2. The quantitative estimate of drug-likeness (QED) is 0.632. The lowest BCUT2D eigenvalue weighted by Crippen LogP contribution is -2.22. The molecule has 106 valence electrons. The molecule has 0 aliphatic heterocycles. The van der Waals surface area contributed by atoms with E-state index in [0.717, 1.165) is 23.0 Å². The molecule has 0 aromatic carbocycles. The maximum absolute atomic E-state index is 12.7. The van der Waals surface area contributed by atoms with Gasteiger partial charge in [0.15, 0.2) is 0 Å². The zero-order valence-electron chi connectivity index (χ0n) is 10.4. The van der Waals surface area contributed by atoms with Crippen LogP contribution in [0.1, 0.15) is 17.9 Å². The second-order valence-electron chi connectivity index (χ2n) is 4.09. The van der Waals surface area contributed by atoms with Gasteiger partial charge in [-0.3, -0.25) is 19.5 Å². The van der Waals surface area contributed by atoms with Crippen molar-refractivity contribution in [2.75, 3.05) is 0 Å². The summed E-state index contributed by atoms with van der Waals surface area (Å²) in [6.07, 6.45) is 3.28. The molecule has 0 unspecified atom stereocenters. The zero-order valence-corrected chi connectivity index (χ0v) is 10.4. The summed E-state index contributed by atoms with van der Waals surface area (Å²) in [6, 6.07) is 1.09. The number of nitro groups is 1. The first-order valence-corrected chi connectivity index (χ1v) is 5.55. The smallest absolute Gasteiger partial charge is 0.301 e. The minimum absolute atomic E-state index is 0.0553. The van der Waals surface area contributed by atoms with Crippen molar-refractivity contribution in [2.45, 2.75) is 20.0 Å². The van der Waals surface area contributed by atoms with Crippen molar-refractivity contribution in [2.24, 2.45) is 0 Å². The van der Waals surface area contributed by atoms with Crippen LogP contribution >= 0.6 is 0 Å². The van der Waals surface area contributed by atoms with Crippen LogP contribution in [-0.4, -0.2) is 19.0 Å². The molecular formula is C11H10F2N4O3. The minimum atomic E-state index is -2.79. The summed E-state index contributed by atoms with van der Waals surface area (Å²) >= 11 is 0. The summed E-state index contributed by atoms with van der Waals surface area (Å²) in [5, 5.41) is 10.8. The van der Waals surface area contributed by atoms with E-state index in [0.29, 0.717) is 4.57 Å². The highest BCUT2D eigenvalue weighted by atomic mass is 19.3. The van der Waals surface area contributed by atoms with Crippen LogP contribution in [-0.2, 0) is 6.54 Å². The molecule has 0 bridgehead atoms. The molecule has 7 nitrogen and oxygen atoms in total. The number of nitrogens with zero attached hydrogens (tertiary/aromatic N) is 4. The van der Waals surface area contributed by atoms with Crippen molar-refractivity contribution < 1.29 is 13.7 Å². The van der Waals surface area contributed by atoms with Gasteiger partial charge in [-0.15, -0.1) is 0 Å². The summed E-state index contributed by atoms with van der Waals surface area (Å²) in [7, 11) is 0. The fraction of sp³-hybridized carbons (Fsp3) is 0.273. The van der Waals surface area contributed by atoms with E-state index in [1.165, 1.54) is 13.1 Å². The zero-order chi connectivity index (χ0) is 14.9. The van der Waals surface area contributed by atoms with Gasteiger partial charge in [0.2, 0.25) is 0 Å². The maximum Gasteiger partial charge on any atom is 0.319 e. The molecule has 2 rings (SSSR count). The van der Waals surface area contributed by atoms with E-state index in [2.05, 4.69) is 4.98 Å². The number of hydrogen-bond acceptors (Lipinski definition) is 4. The Bertz CT molecular complexity index is 708. The molecule has 0 saturated carbocycles. The largest absolute Gasteiger partial charge is 0.319 e. The van der Waals surface area contributed by atoms with E-state index in [9.17, 15) is 23.7 Å². The first kappa shape index (κ1) is 13.8. The fourth-order valence-electron chi connectivity index (χ4n) is 1.77. The van der Waals surface area contributed by atoms with Gasteiger partial charge in [0, 0.05) is 24.0 Å². The number of rotatable bonds is 4. The molecule has 9 heteroatoms. The predicted molar refractivity (Wildman–Crippen MR) is 64.7 cm³/mol. The first-order chi connectivity index (χ1) is 9.40. The summed E-state index contributed by atoms with van der Waals surface area (Å²) in [5.74, 6) is -0.0553. The number of hydrogen-bond donors (Lipinski definition) is 0. The fourth-order valence-corrected chi connectivity index (χ4v) is 1.77. The van der Waals surface area contributed by atoms with Crippen molar-refractivity contribution >= 4 is 5.69 Å². The van der Waals surface area contributed by atoms with E-state index in [1.807, 2.05) is 0 Å². The molecule has 0 N–H and O–H groups in total. The Kier molecular flexibility index (Phi) is 3.59. The predicted octanol–water partition coefficient (Wildman–Crippen LogP) is 1.70. The number of imidazole rings is 1. The third-order valence-electron chi connectivity index (χ3n) is 2.77. The van der Waals surface area contributed by atoms with Crippen molar-refractivity contribution in [3.8, 4) is 0 Å². The summed E-state index contributed by atoms with van der Waals surface area (Å²) in [4.78, 5) is 25.6. The monoisotopic (exact) mass is 284 g/mol. The van der Waals surface area contributed by atoms with Crippen LogP contribution in [0.25, 0.3) is 0 Å². The molecule has 0 spiro atoms. The third kappa shape index (κ3) is 2.56. The highest BCUT2D eigenvalue weighted by Crippen LogP contribution is 2.16. The molecule has 0 aliphatic rings. The van der Waals surface area contributed by atoms with Gasteiger partial charge in [-0.05, 0) is 6.92 Å². The van der Waals surface area contributed by atoms with Gasteiger partial charge in [-0.1, -0.05) is 0 Å². The van der Waals surface area contributed by atoms with Gasteiger partial charge in [0.25, 0.3) is 11.2 Å². The molecule has 20 heavy (non-hydrogen) atoms. The van der Waals surface area contributed by atoms with Gasteiger partial charge in [-0.2, -0.15) is 8.78 Å². The Morgan fingerprint density at radius 3 is 2.80 bits per heavy atom. The average Bonchev–Trinajstić information content (AvgIpc) is 2.80. The molecule has 0 fully saturated rings. The van der Waals surface area contributed by atoms with Crippen LogP contribution in [0.2, 0.25) is 0 Å².